The molecule has 0 spiro atoms. The van der Waals surface area contributed by atoms with E-state index in [1.54, 1.807) is 11.8 Å². The SMILES string of the molecule is CCN(CC(N)=O)C(C)C(=O)Nc1c(N)cc(Cl)cc1Cl. The molecule has 1 atom stereocenters. The van der Waals surface area contributed by atoms with Crippen molar-refractivity contribution in [2.24, 2.45) is 5.73 Å². The van der Waals surface area contributed by atoms with Crippen molar-refractivity contribution in [1.82, 2.24) is 4.90 Å². The lowest BCUT2D eigenvalue weighted by molar-refractivity contribution is -0.123. The second-order valence-electron chi connectivity index (χ2n) is 4.55. The standard InChI is InChI=1S/C13H18Cl2N4O2/c1-3-19(6-11(17)20)7(2)13(21)18-12-9(15)4-8(14)5-10(12)16/h4-5,7H,3,6,16H2,1-2H3,(H2,17,20)(H,18,21). The Morgan fingerprint density at radius 3 is 2.48 bits per heavy atom. The van der Waals surface area contributed by atoms with E-state index in [2.05, 4.69) is 5.32 Å². The van der Waals surface area contributed by atoms with Crippen LogP contribution in [-0.4, -0.2) is 35.8 Å². The molecule has 21 heavy (non-hydrogen) atoms. The van der Waals surface area contributed by atoms with E-state index in [4.69, 9.17) is 34.7 Å². The van der Waals surface area contributed by atoms with Crippen molar-refractivity contribution in [1.29, 1.82) is 0 Å². The second kappa shape index (κ2) is 7.49. The molecule has 1 rings (SSSR count). The van der Waals surface area contributed by atoms with E-state index < -0.39 is 11.9 Å². The molecular formula is C13H18Cl2N4O2. The molecule has 0 saturated heterocycles. The van der Waals surface area contributed by atoms with Gasteiger partial charge in [-0.05, 0) is 25.6 Å². The van der Waals surface area contributed by atoms with Gasteiger partial charge in [-0.3, -0.25) is 14.5 Å². The third-order valence-corrected chi connectivity index (χ3v) is 3.54. The van der Waals surface area contributed by atoms with E-state index in [1.165, 1.54) is 12.1 Å². The van der Waals surface area contributed by atoms with Gasteiger partial charge in [-0.1, -0.05) is 30.1 Å². The normalized spacial score (nSPS) is 12.2. The maximum atomic E-state index is 12.2. The predicted octanol–water partition coefficient (Wildman–Crippen LogP) is 1.71. The van der Waals surface area contributed by atoms with E-state index in [-0.39, 0.29) is 23.2 Å². The van der Waals surface area contributed by atoms with Gasteiger partial charge < -0.3 is 16.8 Å². The van der Waals surface area contributed by atoms with Gasteiger partial charge in [-0.15, -0.1) is 0 Å². The van der Waals surface area contributed by atoms with Crippen LogP contribution in [0, 0.1) is 0 Å². The van der Waals surface area contributed by atoms with Crippen LogP contribution in [0.3, 0.4) is 0 Å². The molecule has 0 aliphatic carbocycles. The van der Waals surface area contributed by atoms with Crippen LogP contribution in [0.15, 0.2) is 12.1 Å². The highest BCUT2D eigenvalue weighted by molar-refractivity contribution is 6.37. The first-order chi connectivity index (χ1) is 9.76. The number of primary amides is 1. The summed E-state index contributed by atoms with van der Waals surface area (Å²) in [6, 6.07) is 2.42. The molecule has 116 valence electrons. The summed E-state index contributed by atoms with van der Waals surface area (Å²) in [4.78, 5) is 24.9. The number of hydrogen-bond donors (Lipinski definition) is 3. The Hall–Kier alpha value is -1.50. The van der Waals surface area contributed by atoms with Gasteiger partial charge in [0.05, 0.1) is 29.0 Å². The Balaban J connectivity index is 2.88. The Kier molecular flexibility index (Phi) is 6.26. The summed E-state index contributed by atoms with van der Waals surface area (Å²) in [6.07, 6.45) is 0. The number of anilines is 2. The van der Waals surface area contributed by atoms with Crippen molar-refractivity contribution in [3.8, 4) is 0 Å². The van der Waals surface area contributed by atoms with Gasteiger partial charge in [-0.25, -0.2) is 0 Å². The average Bonchev–Trinajstić information content (AvgIpc) is 2.38. The maximum Gasteiger partial charge on any atom is 0.241 e. The minimum atomic E-state index is -0.561. The van der Waals surface area contributed by atoms with Gasteiger partial charge in [0.25, 0.3) is 0 Å². The van der Waals surface area contributed by atoms with Gasteiger partial charge in [-0.2, -0.15) is 0 Å². The molecule has 5 N–H and O–H groups in total. The third kappa shape index (κ3) is 4.77. The summed E-state index contributed by atoms with van der Waals surface area (Å²) in [5.41, 5.74) is 11.5. The number of nitrogens with two attached hydrogens (primary N) is 2. The van der Waals surface area contributed by atoms with Crippen LogP contribution >= 0.6 is 23.2 Å². The zero-order valence-electron chi connectivity index (χ0n) is 11.8. The molecule has 1 unspecified atom stereocenters. The predicted molar refractivity (Wildman–Crippen MR) is 85.4 cm³/mol. The molecular weight excluding hydrogens is 315 g/mol. The molecule has 0 radical (unpaired) electrons. The summed E-state index contributed by atoms with van der Waals surface area (Å²) < 4.78 is 0. The van der Waals surface area contributed by atoms with Crippen LogP contribution < -0.4 is 16.8 Å². The molecule has 1 aromatic carbocycles. The van der Waals surface area contributed by atoms with Gasteiger partial charge in [0.15, 0.2) is 0 Å². The number of amides is 2. The smallest absolute Gasteiger partial charge is 0.241 e. The monoisotopic (exact) mass is 332 g/mol. The highest BCUT2D eigenvalue weighted by Gasteiger charge is 2.22. The van der Waals surface area contributed by atoms with Crippen molar-refractivity contribution in [3.63, 3.8) is 0 Å². The number of halogens is 2. The highest BCUT2D eigenvalue weighted by atomic mass is 35.5. The molecule has 6 nitrogen and oxygen atoms in total. The van der Waals surface area contributed by atoms with Crippen molar-refractivity contribution in [2.75, 3.05) is 24.1 Å². The summed E-state index contributed by atoms with van der Waals surface area (Å²) in [6.45, 7) is 3.99. The first kappa shape index (κ1) is 17.6. The Labute approximate surface area is 133 Å². The number of carbonyl (C=O) groups is 2. The molecule has 0 bridgehead atoms. The van der Waals surface area contributed by atoms with Gasteiger partial charge >= 0.3 is 0 Å². The number of carbonyl (C=O) groups excluding carboxylic acids is 2. The molecule has 2 amide bonds. The minimum Gasteiger partial charge on any atom is -0.397 e. The van der Waals surface area contributed by atoms with Crippen molar-refractivity contribution in [3.05, 3.63) is 22.2 Å². The fourth-order valence-corrected chi connectivity index (χ4v) is 2.40. The fraction of sp³-hybridized carbons (Fsp3) is 0.385. The van der Waals surface area contributed by atoms with Crippen LogP contribution in [-0.2, 0) is 9.59 Å². The quantitative estimate of drug-likeness (QED) is 0.690. The lowest BCUT2D eigenvalue weighted by atomic mass is 10.2. The lowest BCUT2D eigenvalue weighted by Gasteiger charge is -2.25. The first-order valence-corrected chi connectivity index (χ1v) is 7.09. The van der Waals surface area contributed by atoms with Crippen LogP contribution in [0.25, 0.3) is 0 Å². The second-order valence-corrected chi connectivity index (χ2v) is 5.39. The van der Waals surface area contributed by atoms with Gasteiger partial charge in [0.1, 0.15) is 0 Å². The number of hydrogen-bond acceptors (Lipinski definition) is 4. The Morgan fingerprint density at radius 2 is 2.00 bits per heavy atom. The number of rotatable bonds is 6. The van der Waals surface area contributed by atoms with E-state index in [9.17, 15) is 9.59 Å². The third-order valence-electron chi connectivity index (χ3n) is 3.03. The molecule has 0 aromatic heterocycles. The number of likely N-dealkylation sites (N-methyl/N-ethyl adjacent to an activating group) is 1. The molecule has 0 fully saturated rings. The van der Waals surface area contributed by atoms with Crippen molar-refractivity contribution < 1.29 is 9.59 Å². The zero-order valence-corrected chi connectivity index (χ0v) is 13.3. The van der Waals surface area contributed by atoms with Crippen molar-refractivity contribution >= 4 is 46.4 Å². The summed E-state index contributed by atoms with van der Waals surface area (Å²) in [5, 5.41) is 3.28. The van der Waals surface area contributed by atoms with Crippen LogP contribution in [0.4, 0.5) is 11.4 Å². The first-order valence-electron chi connectivity index (χ1n) is 6.34. The lowest BCUT2D eigenvalue weighted by Crippen LogP contribution is -2.45. The summed E-state index contributed by atoms with van der Waals surface area (Å²) >= 11 is 11.8. The molecule has 0 aliphatic rings. The molecule has 0 heterocycles. The topological polar surface area (TPSA) is 101 Å². The zero-order chi connectivity index (χ0) is 16.2. The number of nitrogens with one attached hydrogen (secondary N) is 1. The molecule has 8 heteroatoms. The van der Waals surface area contributed by atoms with E-state index >= 15 is 0 Å². The minimum absolute atomic E-state index is 0.00504. The molecule has 1 aromatic rings. The van der Waals surface area contributed by atoms with Crippen LogP contribution in [0.2, 0.25) is 10.0 Å². The van der Waals surface area contributed by atoms with E-state index in [0.29, 0.717) is 17.3 Å². The van der Waals surface area contributed by atoms with Crippen LogP contribution in [0.5, 0.6) is 0 Å². The Morgan fingerprint density at radius 1 is 1.38 bits per heavy atom. The number of nitrogens with zero attached hydrogens (tertiary/aromatic N) is 1. The van der Waals surface area contributed by atoms with Gasteiger partial charge in [0, 0.05) is 5.02 Å². The molecule has 0 aliphatic heterocycles. The average molecular weight is 333 g/mol. The Bertz CT molecular complexity index is 528. The van der Waals surface area contributed by atoms with Crippen molar-refractivity contribution in [2.45, 2.75) is 19.9 Å². The summed E-state index contributed by atoms with van der Waals surface area (Å²) in [5.74, 6) is -0.838. The maximum absolute atomic E-state index is 12.2. The number of benzene rings is 1. The van der Waals surface area contributed by atoms with E-state index in [1.807, 2.05) is 6.92 Å². The fourth-order valence-electron chi connectivity index (χ4n) is 1.84. The number of nitrogen functional groups attached to an aromatic ring is 1. The van der Waals surface area contributed by atoms with Crippen LogP contribution in [0.1, 0.15) is 13.8 Å². The molecule has 0 saturated carbocycles. The largest absolute Gasteiger partial charge is 0.397 e. The summed E-state index contributed by atoms with van der Waals surface area (Å²) in [7, 11) is 0. The van der Waals surface area contributed by atoms with E-state index in [0.717, 1.165) is 0 Å². The van der Waals surface area contributed by atoms with Gasteiger partial charge in [0.2, 0.25) is 11.8 Å². The highest BCUT2D eigenvalue weighted by Crippen LogP contribution is 2.32.